The fourth-order valence-electron chi connectivity index (χ4n) is 1.22. The summed E-state index contributed by atoms with van der Waals surface area (Å²) in [7, 11) is 0. The lowest BCUT2D eigenvalue weighted by Gasteiger charge is -2.07. The van der Waals surface area contributed by atoms with E-state index in [9.17, 15) is 9.18 Å². The van der Waals surface area contributed by atoms with Gasteiger partial charge in [0.15, 0.2) is 0 Å². The molecule has 1 aromatic carbocycles. The van der Waals surface area contributed by atoms with Crippen LogP contribution in [-0.4, -0.2) is 12.5 Å². The summed E-state index contributed by atoms with van der Waals surface area (Å²) >= 11 is 3.07. The number of nitrogens with one attached hydrogen (secondary N) is 1. The van der Waals surface area contributed by atoms with Crippen LogP contribution >= 0.6 is 15.9 Å². The van der Waals surface area contributed by atoms with Crippen molar-refractivity contribution in [3.63, 3.8) is 0 Å². The molecular weight excluding hydrogens is 273 g/mol. The molecule has 4 heteroatoms. The first-order valence-corrected chi connectivity index (χ1v) is 5.99. The first-order valence-electron chi connectivity index (χ1n) is 5.19. The number of hydrogen-bond acceptors (Lipinski definition) is 1. The van der Waals surface area contributed by atoms with Crippen LogP contribution < -0.4 is 5.32 Å². The molecule has 0 saturated carbocycles. The highest BCUT2D eigenvalue weighted by atomic mass is 79.9. The van der Waals surface area contributed by atoms with Crippen LogP contribution in [0.3, 0.4) is 0 Å². The van der Waals surface area contributed by atoms with Crippen molar-refractivity contribution in [2.45, 2.75) is 20.3 Å². The van der Waals surface area contributed by atoms with E-state index in [-0.39, 0.29) is 18.1 Å². The summed E-state index contributed by atoms with van der Waals surface area (Å²) in [6.45, 7) is 4.71. The van der Waals surface area contributed by atoms with Gasteiger partial charge in [-0.3, -0.25) is 4.79 Å². The molecule has 0 unspecified atom stereocenters. The molecule has 0 aliphatic rings. The fraction of sp³-hybridized carbons (Fsp3) is 0.417. The van der Waals surface area contributed by atoms with Crippen molar-refractivity contribution < 1.29 is 9.18 Å². The molecule has 0 bridgehead atoms. The normalized spacial score (nSPS) is 10.6. The summed E-state index contributed by atoms with van der Waals surface area (Å²) in [6, 6.07) is 4.72. The topological polar surface area (TPSA) is 29.1 Å². The number of benzene rings is 1. The van der Waals surface area contributed by atoms with E-state index >= 15 is 0 Å². The van der Waals surface area contributed by atoms with Gasteiger partial charge in [0.05, 0.1) is 10.9 Å². The molecule has 0 aliphatic heterocycles. The minimum Gasteiger partial charge on any atom is -0.356 e. The van der Waals surface area contributed by atoms with E-state index in [1.165, 1.54) is 6.07 Å². The molecule has 88 valence electrons. The number of carbonyl (C=O) groups excluding carboxylic acids is 1. The molecule has 16 heavy (non-hydrogen) atoms. The van der Waals surface area contributed by atoms with Crippen molar-refractivity contribution >= 4 is 21.8 Å². The van der Waals surface area contributed by atoms with E-state index in [0.29, 0.717) is 22.5 Å². The number of hydrogen-bond donors (Lipinski definition) is 1. The van der Waals surface area contributed by atoms with Gasteiger partial charge in [-0.15, -0.1) is 0 Å². The Morgan fingerprint density at radius 3 is 2.75 bits per heavy atom. The van der Waals surface area contributed by atoms with Crippen LogP contribution in [0, 0.1) is 11.7 Å². The minimum atomic E-state index is -0.339. The van der Waals surface area contributed by atoms with Crippen molar-refractivity contribution in [2.75, 3.05) is 6.54 Å². The second-order valence-corrected chi connectivity index (χ2v) is 4.98. The maximum Gasteiger partial charge on any atom is 0.224 e. The lowest BCUT2D eigenvalue weighted by atomic mass is 10.1. The van der Waals surface area contributed by atoms with Crippen molar-refractivity contribution in [3.8, 4) is 0 Å². The predicted octanol–water partition coefficient (Wildman–Crippen LogP) is 2.90. The molecule has 1 rings (SSSR count). The van der Waals surface area contributed by atoms with Gasteiger partial charge in [-0.25, -0.2) is 4.39 Å². The summed E-state index contributed by atoms with van der Waals surface area (Å²) < 4.78 is 13.6. The van der Waals surface area contributed by atoms with Crippen molar-refractivity contribution in [2.24, 2.45) is 5.92 Å². The first-order chi connectivity index (χ1) is 7.49. The lowest BCUT2D eigenvalue weighted by Crippen LogP contribution is -2.28. The van der Waals surface area contributed by atoms with Crippen LogP contribution in [0.4, 0.5) is 4.39 Å². The Morgan fingerprint density at radius 1 is 1.50 bits per heavy atom. The van der Waals surface area contributed by atoms with E-state index in [2.05, 4.69) is 21.2 Å². The molecule has 1 amide bonds. The zero-order valence-corrected chi connectivity index (χ0v) is 11.0. The lowest BCUT2D eigenvalue weighted by molar-refractivity contribution is -0.120. The Morgan fingerprint density at radius 2 is 2.19 bits per heavy atom. The SMILES string of the molecule is CC(C)CNC(=O)Cc1ccc(Br)c(F)c1. The summed E-state index contributed by atoms with van der Waals surface area (Å²) in [5, 5.41) is 2.79. The minimum absolute atomic E-state index is 0.0737. The highest BCUT2D eigenvalue weighted by Gasteiger charge is 2.06. The van der Waals surface area contributed by atoms with Gasteiger partial charge in [0.1, 0.15) is 5.82 Å². The second-order valence-electron chi connectivity index (χ2n) is 4.12. The summed E-state index contributed by atoms with van der Waals surface area (Å²) in [4.78, 5) is 11.5. The number of carbonyl (C=O) groups is 1. The van der Waals surface area contributed by atoms with E-state index in [1.54, 1.807) is 12.1 Å². The zero-order valence-electron chi connectivity index (χ0n) is 9.39. The summed E-state index contributed by atoms with van der Waals surface area (Å²) in [5.41, 5.74) is 0.682. The highest BCUT2D eigenvalue weighted by Crippen LogP contribution is 2.16. The molecule has 2 nitrogen and oxygen atoms in total. The summed E-state index contributed by atoms with van der Waals surface area (Å²) in [6.07, 6.45) is 0.219. The molecule has 0 atom stereocenters. The molecule has 0 spiro atoms. The average molecular weight is 288 g/mol. The van der Waals surface area contributed by atoms with Crippen LogP contribution in [-0.2, 0) is 11.2 Å². The third kappa shape index (κ3) is 4.31. The van der Waals surface area contributed by atoms with E-state index in [1.807, 2.05) is 13.8 Å². The standard InChI is InChI=1S/C12H15BrFNO/c1-8(2)7-15-12(16)6-9-3-4-10(13)11(14)5-9/h3-5,8H,6-7H2,1-2H3,(H,15,16). The largest absolute Gasteiger partial charge is 0.356 e. The molecule has 0 radical (unpaired) electrons. The Bertz CT molecular complexity index is 379. The van der Waals surface area contributed by atoms with Gasteiger partial charge in [-0.1, -0.05) is 19.9 Å². The van der Waals surface area contributed by atoms with Gasteiger partial charge in [0, 0.05) is 6.54 Å². The van der Waals surface area contributed by atoms with Gasteiger partial charge in [0.25, 0.3) is 0 Å². The molecule has 0 fully saturated rings. The summed E-state index contributed by atoms with van der Waals surface area (Å²) in [5.74, 6) is 0.00943. The number of amides is 1. The third-order valence-corrected chi connectivity index (χ3v) is 2.70. The Balaban J connectivity index is 2.53. The van der Waals surface area contributed by atoms with Gasteiger partial charge in [-0.2, -0.15) is 0 Å². The van der Waals surface area contributed by atoms with E-state index in [4.69, 9.17) is 0 Å². The fourth-order valence-corrected chi connectivity index (χ4v) is 1.46. The molecule has 0 aromatic heterocycles. The van der Waals surface area contributed by atoms with Crippen molar-refractivity contribution in [1.29, 1.82) is 0 Å². The Labute approximate surface area is 103 Å². The molecule has 0 aliphatic carbocycles. The van der Waals surface area contributed by atoms with Crippen LogP contribution in [0.1, 0.15) is 19.4 Å². The van der Waals surface area contributed by atoms with E-state index < -0.39 is 0 Å². The van der Waals surface area contributed by atoms with Crippen LogP contribution in [0.15, 0.2) is 22.7 Å². The maximum atomic E-state index is 13.2. The van der Waals surface area contributed by atoms with Crippen LogP contribution in [0.25, 0.3) is 0 Å². The van der Waals surface area contributed by atoms with Gasteiger partial charge >= 0.3 is 0 Å². The zero-order chi connectivity index (χ0) is 12.1. The Hall–Kier alpha value is -0.900. The molecular formula is C12H15BrFNO. The molecule has 1 N–H and O–H groups in total. The smallest absolute Gasteiger partial charge is 0.224 e. The van der Waals surface area contributed by atoms with Gasteiger partial charge in [0.2, 0.25) is 5.91 Å². The monoisotopic (exact) mass is 287 g/mol. The molecule has 1 aromatic rings. The number of rotatable bonds is 4. The van der Waals surface area contributed by atoms with E-state index in [0.717, 1.165) is 0 Å². The number of halogens is 2. The van der Waals surface area contributed by atoms with Gasteiger partial charge < -0.3 is 5.32 Å². The van der Waals surface area contributed by atoms with Crippen LogP contribution in [0.5, 0.6) is 0 Å². The maximum absolute atomic E-state index is 13.2. The van der Waals surface area contributed by atoms with Crippen LogP contribution in [0.2, 0.25) is 0 Å². The molecule has 0 heterocycles. The van der Waals surface area contributed by atoms with Crippen molar-refractivity contribution in [1.82, 2.24) is 5.32 Å². The quantitative estimate of drug-likeness (QED) is 0.907. The van der Waals surface area contributed by atoms with Crippen molar-refractivity contribution in [3.05, 3.63) is 34.1 Å². The molecule has 0 saturated heterocycles. The first kappa shape index (κ1) is 13.2. The second kappa shape index (κ2) is 5.99. The third-order valence-electron chi connectivity index (χ3n) is 2.06. The average Bonchev–Trinajstić information content (AvgIpc) is 2.21. The predicted molar refractivity (Wildman–Crippen MR) is 65.7 cm³/mol. The van der Waals surface area contributed by atoms with Gasteiger partial charge in [-0.05, 0) is 39.5 Å². The Kier molecular flexibility index (Phi) is 4.93. The highest BCUT2D eigenvalue weighted by molar-refractivity contribution is 9.10.